The van der Waals surface area contributed by atoms with Gasteiger partial charge in [-0.05, 0) is 55.7 Å². The normalized spacial score (nSPS) is 19.3. The molecule has 2 aliphatic rings. The number of ether oxygens (including phenoxy) is 2. The molecule has 2 unspecified atom stereocenters. The molecule has 2 heterocycles. The summed E-state index contributed by atoms with van der Waals surface area (Å²) >= 11 is 0. The highest BCUT2D eigenvalue weighted by atomic mass is 16.5. The molecule has 1 aliphatic heterocycles. The molecule has 182 valence electrons. The van der Waals surface area contributed by atoms with E-state index in [0.717, 1.165) is 11.3 Å². The number of ketones is 1. The van der Waals surface area contributed by atoms with Crippen LogP contribution in [-0.4, -0.2) is 36.3 Å². The predicted octanol–water partition coefficient (Wildman–Crippen LogP) is 2.73. The van der Waals surface area contributed by atoms with Gasteiger partial charge < -0.3 is 25.8 Å². The minimum Gasteiger partial charge on any atom is -0.493 e. The van der Waals surface area contributed by atoms with Crippen molar-refractivity contribution < 1.29 is 23.9 Å². The number of benzene rings is 1. The molecule has 4 N–H and O–H groups in total. The highest BCUT2D eigenvalue weighted by Crippen LogP contribution is 2.45. The molecule has 2 atom stereocenters. The molecule has 2 aromatic rings. The summed E-state index contributed by atoms with van der Waals surface area (Å²) in [5.41, 5.74) is 8.76. The standard InChI is InChI=1S/C26H28N4O5/c1-14-9-10-28-22(11-14)30-26(33)23-15(2)29-17-5-4-6-18(31)25(17)24(23)16-7-8-19(20(12-16)34-3)35-13-21(27)32/h5,7-12,24-25,29H,4,6,13H2,1-3H3,(H2,27,32)(H,28,30,33). The highest BCUT2D eigenvalue weighted by molar-refractivity contribution is 6.06. The Hall–Kier alpha value is -4.14. The van der Waals surface area contributed by atoms with Crippen LogP contribution in [0.15, 0.2) is 59.6 Å². The Kier molecular flexibility index (Phi) is 6.86. The van der Waals surface area contributed by atoms with E-state index in [1.54, 1.807) is 30.5 Å². The molecule has 0 spiro atoms. The average molecular weight is 477 g/mol. The summed E-state index contributed by atoms with van der Waals surface area (Å²) in [6.07, 6.45) is 4.69. The van der Waals surface area contributed by atoms with Gasteiger partial charge in [0.05, 0.1) is 13.0 Å². The number of pyridine rings is 1. The van der Waals surface area contributed by atoms with Crippen LogP contribution >= 0.6 is 0 Å². The van der Waals surface area contributed by atoms with Crippen LogP contribution in [0, 0.1) is 12.8 Å². The first-order valence-electron chi connectivity index (χ1n) is 11.3. The summed E-state index contributed by atoms with van der Waals surface area (Å²) in [6, 6.07) is 8.79. The molecule has 0 radical (unpaired) electrons. The lowest BCUT2D eigenvalue weighted by Crippen LogP contribution is -2.41. The maximum Gasteiger partial charge on any atom is 0.255 e. The molecule has 0 fully saturated rings. The number of allylic oxidation sites excluding steroid dienone is 3. The first kappa shape index (κ1) is 24.0. The lowest BCUT2D eigenvalue weighted by molar-refractivity contribution is -0.123. The van der Waals surface area contributed by atoms with Gasteiger partial charge in [0.25, 0.3) is 11.8 Å². The fourth-order valence-corrected chi connectivity index (χ4v) is 4.61. The Labute approximate surface area is 203 Å². The number of nitrogens with two attached hydrogens (primary N) is 1. The number of rotatable bonds is 7. The zero-order chi connectivity index (χ0) is 25.1. The third-order valence-electron chi connectivity index (χ3n) is 6.14. The number of nitrogens with one attached hydrogen (secondary N) is 2. The van der Waals surface area contributed by atoms with Crippen molar-refractivity contribution in [2.75, 3.05) is 19.0 Å². The second kappa shape index (κ2) is 10.0. The molecule has 0 bridgehead atoms. The Bertz CT molecular complexity index is 1250. The molecule has 4 rings (SSSR count). The number of Topliss-reactive ketones (excluding diaryl/α,β-unsaturated/α-hetero) is 1. The quantitative estimate of drug-likeness (QED) is 0.560. The summed E-state index contributed by atoms with van der Waals surface area (Å²) in [5, 5.41) is 6.16. The lowest BCUT2D eigenvalue weighted by atomic mass is 9.70. The second-order valence-corrected chi connectivity index (χ2v) is 8.62. The van der Waals surface area contributed by atoms with Crippen LogP contribution < -0.4 is 25.8 Å². The Balaban J connectivity index is 1.78. The van der Waals surface area contributed by atoms with Crippen LogP contribution in [0.2, 0.25) is 0 Å². The smallest absolute Gasteiger partial charge is 0.255 e. The van der Waals surface area contributed by atoms with Crippen LogP contribution in [0.5, 0.6) is 11.5 Å². The van der Waals surface area contributed by atoms with Gasteiger partial charge in [0.15, 0.2) is 18.1 Å². The van der Waals surface area contributed by atoms with Gasteiger partial charge in [-0.1, -0.05) is 12.1 Å². The molecule has 9 nitrogen and oxygen atoms in total. The molecule has 0 saturated carbocycles. The number of fused-ring (bicyclic) bond motifs is 1. The van der Waals surface area contributed by atoms with Gasteiger partial charge >= 0.3 is 0 Å². The van der Waals surface area contributed by atoms with Crippen molar-refractivity contribution in [3.8, 4) is 11.5 Å². The van der Waals surface area contributed by atoms with Gasteiger partial charge in [0, 0.05) is 35.5 Å². The zero-order valence-electron chi connectivity index (χ0n) is 19.9. The number of aryl methyl sites for hydroxylation is 1. The Morgan fingerprint density at radius 1 is 1.17 bits per heavy atom. The number of primary amides is 1. The third-order valence-corrected chi connectivity index (χ3v) is 6.14. The van der Waals surface area contributed by atoms with Crippen molar-refractivity contribution in [2.24, 2.45) is 11.7 Å². The Morgan fingerprint density at radius 2 is 1.97 bits per heavy atom. The summed E-state index contributed by atoms with van der Waals surface area (Å²) in [4.78, 5) is 42.1. The van der Waals surface area contributed by atoms with Crippen LogP contribution in [-0.2, 0) is 14.4 Å². The van der Waals surface area contributed by atoms with E-state index in [1.165, 1.54) is 7.11 Å². The summed E-state index contributed by atoms with van der Waals surface area (Å²) in [6.45, 7) is 3.44. The van der Waals surface area contributed by atoms with Gasteiger partial charge in [-0.15, -0.1) is 0 Å². The second-order valence-electron chi connectivity index (χ2n) is 8.62. The zero-order valence-corrected chi connectivity index (χ0v) is 19.9. The molecule has 35 heavy (non-hydrogen) atoms. The number of anilines is 1. The van der Waals surface area contributed by atoms with Crippen molar-refractivity contribution in [1.82, 2.24) is 10.3 Å². The molecule has 0 saturated heterocycles. The predicted molar refractivity (Wildman–Crippen MR) is 130 cm³/mol. The number of amides is 2. The van der Waals surface area contributed by atoms with E-state index < -0.39 is 17.7 Å². The number of hydrogen-bond donors (Lipinski definition) is 3. The summed E-state index contributed by atoms with van der Waals surface area (Å²) < 4.78 is 10.9. The summed E-state index contributed by atoms with van der Waals surface area (Å²) in [7, 11) is 1.48. The van der Waals surface area contributed by atoms with Gasteiger partial charge in [-0.2, -0.15) is 0 Å². The van der Waals surface area contributed by atoms with Gasteiger partial charge in [0.2, 0.25) is 0 Å². The number of carbonyl (C=O) groups excluding carboxylic acids is 3. The SMILES string of the molecule is COc1cc(C2C(C(=O)Nc3cc(C)ccn3)=C(C)NC3=CCCC(=O)C32)ccc1OCC(N)=O. The maximum absolute atomic E-state index is 13.6. The molecular weight excluding hydrogens is 448 g/mol. The van der Waals surface area contributed by atoms with Gasteiger partial charge in [0.1, 0.15) is 11.6 Å². The minimum absolute atomic E-state index is 0.0551. The van der Waals surface area contributed by atoms with Crippen LogP contribution in [0.25, 0.3) is 0 Å². The third kappa shape index (κ3) is 5.03. The highest BCUT2D eigenvalue weighted by Gasteiger charge is 2.43. The van der Waals surface area contributed by atoms with Crippen molar-refractivity contribution in [3.05, 3.63) is 70.7 Å². The van der Waals surface area contributed by atoms with Crippen molar-refractivity contribution >= 4 is 23.4 Å². The molecule has 1 aromatic heterocycles. The van der Waals surface area contributed by atoms with E-state index in [2.05, 4.69) is 15.6 Å². The number of aromatic nitrogens is 1. The number of hydrogen-bond acceptors (Lipinski definition) is 7. The Morgan fingerprint density at radius 3 is 2.69 bits per heavy atom. The van der Waals surface area contributed by atoms with E-state index >= 15 is 0 Å². The molecule has 9 heteroatoms. The van der Waals surface area contributed by atoms with Gasteiger partial charge in [-0.3, -0.25) is 14.4 Å². The van der Waals surface area contributed by atoms with Gasteiger partial charge in [-0.25, -0.2) is 4.98 Å². The van der Waals surface area contributed by atoms with Crippen molar-refractivity contribution in [1.29, 1.82) is 0 Å². The van der Waals surface area contributed by atoms with Crippen molar-refractivity contribution in [2.45, 2.75) is 32.6 Å². The van der Waals surface area contributed by atoms with E-state index in [0.29, 0.717) is 47.0 Å². The van der Waals surface area contributed by atoms with E-state index in [1.807, 2.05) is 26.0 Å². The monoisotopic (exact) mass is 476 g/mol. The largest absolute Gasteiger partial charge is 0.493 e. The molecular formula is C26H28N4O5. The molecule has 1 aliphatic carbocycles. The first-order chi connectivity index (χ1) is 16.8. The van der Waals surface area contributed by atoms with Crippen molar-refractivity contribution in [3.63, 3.8) is 0 Å². The van der Waals surface area contributed by atoms with Crippen LogP contribution in [0.1, 0.15) is 36.8 Å². The van der Waals surface area contributed by atoms with Crippen LogP contribution in [0.3, 0.4) is 0 Å². The number of carbonyl (C=O) groups is 3. The van der Waals surface area contributed by atoms with Crippen LogP contribution in [0.4, 0.5) is 5.82 Å². The summed E-state index contributed by atoms with van der Waals surface area (Å²) in [5.74, 6) is -0.861. The lowest BCUT2D eigenvalue weighted by Gasteiger charge is -2.38. The first-order valence-corrected chi connectivity index (χ1v) is 11.3. The van der Waals surface area contributed by atoms with E-state index in [4.69, 9.17) is 15.2 Å². The average Bonchev–Trinajstić information content (AvgIpc) is 2.81. The molecule has 2 amide bonds. The minimum atomic E-state index is -0.612. The number of methoxy groups -OCH3 is 1. The fourth-order valence-electron chi connectivity index (χ4n) is 4.61. The maximum atomic E-state index is 13.6. The number of nitrogens with zero attached hydrogens (tertiary/aromatic N) is 1. The fraction of sp³-hybridized carbons (Fsp3) is 0.308. The van der Waals surface area contributed by atoms with E-state index in [9.17, 15) is 14.4 Å². The van der Waals surface area contributed by atoms with E-state index in [-0.39, 0.29) is 18.3 Å². The topological polar surface area (TPSA) is 133 Å². The molecule has 1 aromatic carbocycles.